The van der Waals surface area contributed by atoms with E-state index in [0.29, 0.717) is 18.4 Å². The second-order valence-corrected chi connectivity index (χ2v) is 7.97. The minimum Gasteiger partial charge on any atom is -0.454 e. The first-order valence-corrected chi connectivity index (χ1v) is 9.66. The Balaban J connectivity index is 2.69. The van der Waals surface area contributed by atoms with Gasteiger partial charge in [-0.2, -0.15) is 0 Å². The molecule has 7 nitrogen and oxygen atoms in total. The number of ether oxygens (including phenoxy) is 1. The summed E-state index contributed by atoms with van der Waals surface area (Å²) in [7, 11) is 0. The highest BCUT2D eigenvalue weighted by atomic mass is 16.5. The van der Waals surface area contributed by atoms with E-state index < -0.39 is 36.7 Å². The number of hydrogen-bond acceptors (Lipinski definition) is 6. The van der Waals surface area contributed by atoms with E-state index in [-0.39, 0.29) is 24.0 Å². The predicted octanol–water partition coefficient (Wildman–Crippen LogP) is 1.82. The van der Waals surface area contributed by atoms with Crippen molar-refractivity contribution in [1.29, 1.82) is 0 Å². The number of aliphatic hydroxyl groups excluding tert-OH is 2. The zero-order chi connectivity index (χ0) is 21.5. The minimum atomic E-state index is -1.10. The summed E-state index contributed by atoms with van der Waals surface area (Å²) in [6, 6.07) is 0. The number of amides is 1. The van der Waals surface area contributed by atoms with Crippen LogP contribution in [0.15, 0.2) is 23.3 Å². The maximum atomic E-state index is 12.6. The van der Waals surface area contributed by atoms with Crippen LogP contribution in [0.3, 0.4) is 0 Å². The van der Waals surface area contributed by atoms with Gasteiger partial charge in [-0.05, 0) is 36.8 Å². The first kappa shape index (κ1) is 24.0. The van der Waals surface area contributed by atoms with E-state index in [1.165, 1.54) is 0 Å². The normalized spacial score (nSPS) is 19.8. The summed E-state index contributed by atoms with van der Waals surface area (Å²) in [4.78, 5) is 36.8. The molecule has 0 heterocycles. The van der Waals surface area contributed by atoms with E-state index in [0.717, 1.165) is 5.57 Å². The molecule has 1 amide bonds. The molecule has 0 radical (unpaired) electrons. The van der Waals surface area contributed by atoms with Gasteiger partial charge in [-0.1, -0.05) is 32.9 Å². The molecule has 158 valence electrons. The smallest absolute Gasteiger partial charge is 0.307 e. The molecule has 28 heavy (non-hydrogen) atoms. The van der Waals surface area contributed by atoms with Crippen LogP contribution in [0, 0.1) is 5.41 Å². The van der Waals surface area contributed by atoms with Crippen LogP contribution in [0.4, 0.5) is 0 Å². The van der Waals surface area contributed by atoms with Crippen molar-refractivity contribution in [3.63, 3.8) is 0 Å². The summed E-state index contributed by atoms with van der Waals surface area (Å²) in [6.07, 6.45) is 3.34. The lowest BCUT2D eigenvalue weighted by atomic mass is 9.71. The Morgan fingerprint density at radius 3 is 2.39 bits per heavy atom. The molecule has 1 rings (SSSR count). The third-order valence-electron chi connectivity index (χ3n) is 5.34. The summed E-state index contributed by atoms with van der Waals surface area (Å²) in [5, 5.41) is 21.3. The van der Waals surface area contributed by atoms with Gasteiger partial charge >= 0.3 is 5.97 Å². The highest BCUT2D eigenvalue weighted by Gasteiger charge is 2.39. The van der Waals surface area contributed by atoms with Crippen molar-refractivity contribution < 1.29 is 29.3 Å². The molecule has 0 aromatic carbocycles. The van der Waals surface area contributed by atoms with Crippen LogP contribution in [0.1, 0.15) is 60.3 Å². The first-order valence-electron chi connectivity index (χ1n) is 9.66. The van der Waals surface area contributed by atoms with Crippen molar-refractivity contribution >= 4 is 17.7 Å². The molecule has 1 aliphatic carbocycles. The van der Waals surface area contributed by atoms with Crippen molar-refractivity contribution in [2.24, 2.45) is 5.41 Å². The third kappa shape index (κ3) is 5.75. The van der Waals surface area contributed by atoms with Gasteiger partial charge in [-0.25, -0.2) is 0 Å². The molecule has 1 aliphatic rings. The number of Topliss-reactive ketones (excluding diaryl/α,β-unsaturated/α-hetero) is 1. The van der Waals surface area contributed by atoms with E-state index in [4.69, 9.17) is 4.74 Å². The number of hydrogen-bond donors (Lipinski definition) is 3. The van der Waals surface area contributed by atoms with Gasteiger partial charge in [-0.3, -0.25) is 14.4 Å². The topological polar surface area (TPSA) is 113 Å². The van der Waals surface area contributed by atoms with Gasteiger partial charge in [-0.15, -0.1) is 0 Å². The molecule has 3 N–H and O–H groups in total. The van der Waals surface area contributed by atoms with Gasteiger partial charge < -0.3 is 20.3 Å². The molecule has 0 fully saturated rings. The molecule has 1 unspecified atom stereocenters. The van der Waals surface area contributed by atoms with Crippen LogP contribution < -0.4 is 5.32 Å². The Morgan fingerprint density at radius 2 is 1.89 bits per heavy atom. The van der Waals surface area contributed by atoms with Crippen LogP contribution >= 0.6 is 0 Å². The fraction of sp³-hybridized carbons (Fsp3) is 0.667. The van der Waals surface area contributed by atoms with Crippen molar-refractivity contribution in [1.82, 2.24) is 5.32 Å². The van der Waals surface area contributed by atoms with Crippen LogP contribution in [-0.2, 0) is 19.1 Å². The number of allylic oxidation sites excluding steroid dienone is 3. The second-order valence-electron chi connectivity index (χ2n) is 7.97. The third-order valence-corrected chi connectivity index (χ3v) is 5.34. The monoisotopic (exact) mass is 395 g/mol. The Bertz CT molecular complexity index is 650. The molecule has 0 saturated carbocycles. The van der Waals surface area contributed by atoms with Crippen molar-refractivity contribution in [3.8, 4) is 0 Å². The summed E-state index contributed by atoms with van der Waals surface area (Å²) >= 11 is 0. The lowest BCUT2D eigenvalue weighted by Crippen LogP contribution is -2.53. The van der Waals surface area contributed by atoms with Crippen LogP contribution in [-0.4, -0.2) is 52.7 Å². The molecular weight excluding hydrogens is 362 g/mol. The van der Waals surface area contributed by atoms with Gasteiger partial charge in [0.1, 0.15) is 0 Å². The maximum absolute atomic E-state index is 12.6. The van der Waals surface area contributed by atoms with Gasteiger partial charge in [0.15, 0.2) is 11.9 Å². The van der Waals surface area contributed by atoms with E-state index in [2.05, 4.69) is 5.32 Å². The summed E-state index contributed by atoms with van der Waals surface area (Å²) in [6.45, 7) is 8.56. The van der Waals surface area contributed by atoms with E-state index >= 15 is 0 Å². The highest BCUT2D eigenvalue weighted by Crippen LogP contribution is 2.40. The number of carbonyl (C=O) groups excluding carboxylic acids is 3. The largest absolute Gasteiger partial charge is 0.454 e. The Labute approximate surface area is 166 Å². The van der Waals surface area contributed by atoms with Crippen molar-refractivity contribution in [2.45, 2.75) is 71.9 Å². The quantitative estimate of drug-likeness (QED) is 0.513. The summed E-state index contributed by atoms with van der Waals surface area (Å²) < 4.78 is 5.37. The van der Waals surface area contributed by atoms with E-state index in [9.17, 15) is 24.6 Å². The molecule has 0 aromatic heterocycles. The standard InChI is InChI=1S/C21H33NO6/c1-6-8-15-14(3)19(27)16(11-20(15,4)5)28-18(26)10-9-17(25)22-21(7-2,12-23)13-24/h6,8,16,23-24H,7,9-13H2,1-5H3,(H,22,25)/b8-6+. The lowest BCUT2D eigenvalue weighted by molar-refractivity contribution is -0.156. The van der Waals surface area contributed by atoms with Gasteiger partial charge in [0.05, 0.1) is 25.2 Å². The van der Waals surface area contributed by atoms with E-state index in [1.54, 1.807) is 13.8 Å². The first-order chi connectivity index (χ1) is 13.1. The van der Waals surface area contributed by atoms with Gasteiger partial charge in [0, 0.05) is 12.8 Å². The number of esters is 1. The van der Waals surface area contributed by atoms with E-state index in [1.807, 2.05) is 32.9 Å². The van der Waals surface area contributed by atoms with Crippen LogP contribution in [0.5, 0.6) is 0 Å². The molecule has 0 spiro atoms. The Morgan fingerprint density at radius 1 is 1.29 bits per heavy atom. The fourth-order valence-corrected chi connectivity index (χ4v) is 3.39. The molecular formula is C21H33NO6. The number of aliphatic hydroxyl groups is 2. The second kappa shape index (κ2) is 9.98. The molecule has 0 bridgehead atoms. The Hall–Kier alpha value is -1.99. The van der Waals surface area contributed by atoms with Crippen molar-refractivity contribution in [3.05, 3.63) is 23.3 Å². The predicted molar refractivity (Wildman–Crippen MR) is 105 cm³/mol. The van der Waals surface area contributed by atoms with Gasteiger partial charge in [0.2, 0.25) is 5.91 Å². The average Bonchev–Trinajstić information content (AvgIpc) is 2.66. The molecule has 1 atom stereocenters. The highest BCUT2D eigenvalue weighted by molar-refractivity contribution is 6.01. The zero-order valence-electron chi connectivity index (χ0n) is 17.5. The number of nitrogens with one attached hydrogen (secondary N) is 1. The lowest BCUT2D eigenvalue weighted by Gasteiger charge is -2.36. The number of ketones is 1. The summed E-state index contributed by atoms with van der Waals surface area (Å²) in [5.74, 6) is -1.30. The fourth-order valence-electron chi connectivity index (χ4n) is 3.39. The molecule has 7 heteroatoms. The Kier molecular flexibility index (Phi) is 8.57. The minimum absolute atomic E-state index is 0.149. The maximum Gasteiger partial charge on any atom is 0.307 e. The average molecular weight is 395 g/mol. The SMILES string of the molecule is C/C=C/C1=C(C)C(=O)C(OC(=O)CCC(=O)NC(CC)(CO)CO)CC1(C)C. The number of rotatable bonds is 9. The van der Waals surface area contributed by atoms with Crippen LogP contribution in [0.25, 0.3) is 0 Å². The summed E-state index contributed by atoms with van der Waals surface area (Å²) in [5.41, 5.74) is 0.115. The van der Waals surface area contributed by atoms with Gasteiger partial charge in [0.25, 0.3) is 0 Å². The zero-order valence-corrected chi connectivity index (χ0v) is 17.5. The molecule has 0 aromatic rings. The molecule has 0 saturated heterocycles. The van der Waals surface area contributed by atoms with Crippen molar-refractivity contribution in [2.75, 3.05) is 13.2 Å². The molecule has 0 aliphatic heterocycles. The number of carbonyl (C=O) groups is 3. The van der Waals surface area contributed by atoms with Crippen LogP contribution in [0.2, 0.25) is 0 Å².